The minimum atomic E-state index is -3.83. The molecule has 0 saturated carbocycles. The van der Waals surface area contributed by atoms with Gasteiger partial charge in [0.05, 0.1) is 19.1 Å². The fourth-order valence-electron chi connectivity index (χ4n) is 5.22. The summed E-state index contributed by atoms with van der Waals surface area (Å²) in [4.78, 5) is 28.0. The van der Waals surface area contributed by atoms with Crippen molar-refractivity contribution in [1.82, 2.24) is 9.21 Å². The molecule has 2 heterocycles. The van der Waals surface area contributed by atoms with Gasteiger partial charge in [-0.25, -0.2) is 8.42 Å². The van der Waals surface area contributed by atoms with Crippen LogP contribution in [0.3, 0.4) is 0 Å². The van der Waals surface area contributed by atoms with Crippen LogP contribution >= 0.6 is 0 Å². The van der Waals surface area contributed by atoms with Crippen molar-refractivity contribution >= 4 is 32.6 Å². The van der Waals surface area contributed by atoms with Crippen LogP contribution in [0.15, 0.2) is 53.4 Å². The number of nitrogens with zero attached hydrogens (tertiary/aromatic N) is 2. The number of piperidine rings is 1. The molecule has 0 aliphatic carbocycles. The average molecular weight is 523 g/mol. The molecule has 0 N–H and O–H groups in total. The average Bonchev–Trinajstić information content (AvgIpc) is 2.91. The zero-order valence-electron chi connectivity index (χ0n) is 21.2. The molecule has 0 unspecified atom stereocenters. The molecule has 0 bridgehead atoms. The van der Waals surface area contributed by atoms with Crippen LogP contribution in [0.2, 0.25) is 0 Å². The van der Waals surface area contributed by atoms with E-state index in [1.165, 1.54) is 29.5 Å². The number of methoxy groups -OCH3 is 2. The number of imide groups is 1. The SMILES string of the molecule is COc1cc(CCN2C(=O)c3cccc4cccc(c34)C2=O)c(S(=O)(=O)N2CCC(C)CC2)cc1OC. The van der Waals surface area contributed by atoms with E-state index in [9.17, 15) is 18.0 Å². The number of sulfonamides is 1. The first-order valence-electron chi connectivity index (χ1n) is 12.4. The number of carbonyl (C=O) groups excluding carboxylic acids is 2. The molecule has 3 aromatic rings. The highest BCUT2D eigenvalue weighted by atomic mass is 32.2. The Morgan fingerprint density at radius 1 is 0.892 bits per heavy atom. The van der Waals surface area contributed by atoms with Gasteiger partial charge in [0, 0.05) is 42.2 Å². The maximum Gasteiger partial charge on any atom is 0.261 e. The van der Waals surface area contributed by atoms with Gasteiger partial charge in [0.25, 0.3) is 11.8 Å². The fraction of sp³-hybridized carbons (Fsp3) is 0.357. The summed E-state index contributed by atoms with van der Waals surface area (Å²) in [6.45, 7) is 3.04. The van der Waals surface area contributed by atoms with E-state index in [0.717, 1.165) is 18.2 Å². The topological polar surface area (TPSA) is 93.2 Å². The van der Waals surface area contributed by atoms with E-state index >= 15 is 0 Å². The summed E-state index contributed by atoms with van der Waals surface area (Å²) >= 11 is 0. The Morgan fingerprint density at radius 3 is 2.03 bits per heavy atom. The Labute approximate surface area is 216 Å². The summed E-state index contributed by atoms with van der Waals surface area (Å²) in [5.74, 6) is 0.393. The van der Waals surface area contributed by atoms with Gasteiger partial charge in [0.1, 0.15) is 0 Å². The van der Waals surface area contributed by atoms with Crippen LogP contribution in [0.1, 0.15) is 46.0 Å². The first-order chi connectivity index (χ1) is 17.8. The van der Waals surface area contributed by atoms with Gasteiger partial charge in [-0.1, -0.05) is 31.2 Å². The van der Waals surface area contributed by atoms with Crippen molar-refractivity contribution in [2.45, 2.75) is 31.1 Å². The maximum absolute atomic E-state index is 13.7. The van der Waals surface area contributed by atoms with Gasteiger partial charge in [0.2, 0.25) is 10.0 Å². The Balaban J connectivity index is 1.50. The van der Waals surface area contributed by atoms with E-state index in [1.54, 1.807) is 30.3 Å². The lowest BCUT2D eigenvalue weighted by molar-refractivity contribution is 0.0612. The van der Waals surface area contributed by atoms with Crippen molar-refractivity contribution in [3.63, 3.8) is 0 Å². The van der Waals surface area contributed by atoms with Crippen LogP contribution in [0.4, 0.5) is 0 Å². The Kier molecular flexibility index (Phi) is 6.68. The van der Waals surface area contributed by atoms with Crippen LogP contribution in [0, 0.1) is 5.92 Å². The van der Waals surface area contributed by atoms with E-state index in [-0.39, 0.29) is 29.7 Å². The van der Waals surface area contributed by atoms with Gasteiger partial charge in [-0.3, -0.25) is 14.5 Å². The quantitative estimate of drug-likeness (QED) is 0.434. The molecule has 2 aliphatic heterocycles. The molecule has 1 saturated heterocycles. The summed E-state index contributed by atoms with van der Waals surface area (Å²) in [5.41, 5.74) is 1.40. The smallest absolute Gasteiger partial charge is 0.261 e. The summed E-state index contributed by atoms with van der Waals surface area (Å²) in [7, 11) is -0.884. The number of carbonyl (C=O) groups is 2. The number of rotatable bonds is 7. The van der Waals surface area contributed by atoms with Crippen LogP contribution < -0.4 is 9.47 Å². The zero-order valence-corrected chi connectivity index (χ0v) is 22.0. The third-order valence-corrected chi connectivity index (χ3v) is 9.37. The summed E-state index contributed by atoms with van der Waals surface area (Å²) in [6.07, 6.45) is 1.74. The highest BCUT2D eigenvalue weighted by molar-refractivity contribution is 7.89. The molecular weight excluding hydrogens is 492 g/mol. The first kappa shape index (κ1) is 25.2. The highest BCUT2D eigenvalue weighted by Gasteiger charge is 2.34. The molecule has 1 fully saturated rings. The van der Waals surface area contributed by atoms with Crippen LogP contribution in [0.5, 0.6) is 11.5 Å². The standard InChI is InChI=1S/C28H30N2O6S/c1-18-10-13-29(14-11-18)37(33,34)25-17-24(36-3)23(35-2)16-20(25)12-15-30-27(31)21-8-4-6-19-7-5-9-22(26(19)21)28(30)32/h4-9,16-18H,10-15H2,1-3H3. The predicted molar refractivity (Wildman–Crippen MR) is 140 cm³/mol. The molecule has 3 aromatic carbocycles. The molecule has 0 atom stereocenters. The lowest BCUT2D eigenvalue weighted by Gasteiger charge is -2.31. The lowest BCUT2D eigenvalue weighted by Crippen LogP contribution is -2.42. The van der Waals surface area contributed by atoms with Crippen molar-refractivity contribution in [2.75, 3.05) is 33.9 Å². The van der Waals surface area contributed by atoms with Gasteiger partial charge in [0.15, 0.2) is 11.5 Å². The normalized spacial score (nSPS) is 16.9. The molecule has 194 valence electrons. The zero-order chi connectivity index (χ0) is 26.3. The first-order valence-corrected chi connectivity index (χ1v) is 13.8. The molecule has 37 heavy (non-hydrogen) atoms. The van der Waals surface area contributed by atoms with E-state index in [0.29, 0.717) is 52.6 Å². The van der Waals surface area contributed by atoms with E-state index in [1.807, 2.05) is 12.1 Å². The van der Waals surface area contributed by atoms with Crippen LogP contribution in [-0.4, -0.2) is 63.3 Å². The van der Waals surface area contributed by atoms with Crippen LogP contribution in [0.25, 0.3) is 10.8 Å². The number of hydrogen-bond donors (Lipinski definition) is 0. The predicted octanol–water partition coefficient (Wildman–Crippen LogP) is 4.12. The third-order valence-electron chi connectivity index (χ3n) is 7.39. The van der Waals surface area contributed by atoms with Crippen molar-refractivity contribution in [3.8, 4) is 11.5 Å². The molecule has 0 aromatic heterocycles. The molecule has 0 spiro atoms. The van der Waals surface area contributed by atoms with Crippen molar-refractivity contribution < 1.29 is 27.5 Å². The van der Waals surface area contributed by atoms with E-state index in [4.69, 9.17) is 9.47 Å². The largest absolute Gasteiger partial charge is 0.493 e. The Morgan fingerprint density at radius 2 is 1.46 bits per heavy atom. The molecule has 8 nitrogen and oxygen atoms in total. The summed E-state index contributed by atoms with van der Waals surface area (Å²) < 4.78 is 39.8. The monoisotopic (exact) mass is 522 g/mol. The van der Waals surface area contributed by atoms with Crippen LogP contribution in [-0.2, 0) is 16.4 Å². The van der Waals surface area contributed by atoms with Crippen molar-refractivity contribution in [3.05, 3.63) is 65.2 Å². The van der Waals surface area contributed by atoms with Gasteiger partial charge in [-0.2, -0.15) is 4.31 Å². The molecule has 2 amide bonds. The second-order valence-electron chi connectivity index (χ2n) is 9.62. The highest BCUT2D eigenvalue weighted by Crippen LogP contribution is 2.36. The number of hydrogen-bond acceptors (Lipinski definition) is 6. The van der Waals surface area contributed by atoms with Gasteiger partial charge in [-0.05, 0) is 54.3 Å². The van der Waals surface area contributed by atoms with Gasteiger partial charge < -0.3 is 9.47 Å². The van der Waals surface area contributed by atoms with Crippen molar-refractivity contribution in [1.29, 1.82) is 0 Å². The Hall–Kier alpha value is -3.43. The second kappa shape index (κ2) is 9.79. The molecular formula is C28H30N2O6S. The summed E-state index contributed by atoms with van der Waals surface area (Å²) in [5, 5.41) is 1.49. The van der Waals surface area contributed by atoms with Crippen molar-refractivity contribution in [2.24, 2.45) is 5.92 Å². The lowest BCUT2D eigenvalue weighted by atomic mass is 9.94. The molecule has 0 radical (unpaired) electrons. The van der Waals surface area contributed by atoms with E-state index in [2.05, 4.69) is 6.92 Å². The minimum Gasteiger partial charge on any atom is -0.493 e. The summed E-state index contributed by atoms with van der Waals surface area (Å²) in [6, 6.07) is 13.9. The minimum absolute atomic E-state index is 0.0252. The third kappa shape index (κ3) is 4.36. The van der Waals surface area contributed by atoms with Gasteiger partial charge in [-0.15, -0.1) is 0 Å². The molecule has 9 heteroatoms. The molecule has 2 aliphatic rings. The second-order valence-corrected chi connectivity index (χ2v) is 11.5. The number of ether oxygens (including phenoxy) is 2. The van der Waals surface area contributed by atoms with E-state index < -0.39 is 10.0 Å². The maximum atomic E-state index is 13.7. The van der Waals surface area contributed by atoms with Gasteiger partial charge >= 0.3 is 0 Å². The Bertz CT molecular complexity index is 1440. The number of amides is 2. The fourth-order valence-corrected chi connectivity index (χ4v) is 6.94. The number of benzene rings is 3. The molecule has 5 rings (SSSR count).